The van der Waals surface area contributed by atoms with Crippen LogP contribution in [0, 0.1) is 0 Å². The maximum absolute atomic E-state index is 12.0. The van der Waals surface area contributed by atoms with Crippen molar-refractivity contribution in [2.75, 3.05) is 27.2 Å². The number of carbonyl (C=O) groups excluding carboxylic acids is 1. The Morgan fingerprint density at radius 1 is 1.24 bits per heavy atom. The van der Waals surface area contributed by atoms with Crippen LogP contribution in [0.2, 0.25) is 0 Å². The zero-order chi connectivity index (χ0) is 16.5. The molecule has 21 heavy (non-hydrogen) atoms. The fraction of sp³-hybridized carbons (Fsp3) is 0.923. The van der Waals surface area contributed by atoms with Crippen LogP contribution in [0.1, 0.15) is 40.5 Å². The van der Waals surface area contributed by atoms with Crippen molar-refractivity contribution in [2.24, 2.45) is 0 Å². The van der Waals surface area contributed by atoms with E-state index in [4.69, 9.17) is 4.74 Å². The number of nitrogens with zero attached hydrogens (tertiary/aromatic N) is 2. The van der Waals surface area contributed by atoms with E-state index in [1.54, 1.807) is 20.8 Å². The van der Waals surface area contributed by atoms with Gasteiger partial charge in [0.2, 0.25) is 0 Å². The normalized spacial score (nSPS) is 20.3. The van der Waals surface area contributed by atoms with E-state index in [0.717, 1.165) is 0 Å². The van der Waals surface area contributed by atoms with E-state index in [1.807, 2.05) is 6.92 Å². The second-order valence-corrected chi connectivity index (χ2v) is 9.02. The van der Waals surface area contributed by atoms with Crippen molar-refractivity contribution in [3.8, 4) is 0 Å². The van der Waals surface area contributed by atoms with E-state index in [0.29, 0.717) is 25.9 Å². The first-order chi connectivity index (χ1) is 9.36. The topological polar surface area (TPSA) is 79.0 Å². The highest BCUT2D eigenvalue weighted by Gasteiger charge is 2.37. The maximum atomic E-state index is 12.0. The molecule has 0 saturated carbocycles. The molecule has 1 rings (SSSR count). The summed E-state index contributed by atoms with van der Waals surface area (Å²) in [5, 5.41) is 2.86. The number of hydrogen-bond acceptors (Lipinski definition) is 4. The Balaban J connectivity index is 2.61. The minimum atomic E-state index is -3.38. The van der Waals surface area contributed by atoms with E-state index in [9.17, 15) is 13.2 Å². The lowest BCUT2D eigenvalue weighted by atomic mass is 9.91. The van der Waals surface area contributed by atoms with E-state index in [2.05, 4.69) is 5.32 Å². The van der Waals surface area contributed by atoms with Crippen molar-refractivity contribution in [3.05, 3.63) is 0 Å². The van der Waals surface area contributed by atoms with Gasteiger partial charge in [0.25, 0.3) is 10.2 Å². The fourth-order valence-corrected chi connectivity index (χ4v) is 3.22. The third-order valence-corrected chi connectivity index (χ3v) is 5.36. The molecule has 8 heteroatoms. The van der Waals surface area contributed by atoms with Crippen LogP contribution >= 0.6 is 0 Å². The highest BCUT2D eigenvalue weighted by atomic mass is 32.2. The van der Waals surface area contributed by atoms with Crippen LogP contribution in [0.3, 0.4) is 0 Å². The summed E-state index contributed by atoms with van der Waals surface area (Å²) in [7, 11) is -0.353. The molecule has 7 nitrogen and oxygen atoms in total. The van der Waals surface area contributed by atoms with Gasteiger partial charge in [0, 0.05) is 32.7 Å². The summed E-state index contributed by atoms with van der Waals surface area (Å²) in [6, 6.07) is 0. The first-order valence-corrected chi connectivity index (χ1v) is 8.44. The van der Waals surface area contributed by atoms with Crippen LogP contribution < -0.4 is 5.32 Å². The monoisotopic (exact) mass is 321 g/mol. The Kier molecular flexibility index (Phi) is 5.28. The van der Waals surface area contributed by atoms with E-state index in [1.165, 1.54) is 22.7 Å². The number of nitrogens with one attached hydrogen (secondary N) is 1. The molecular formula is C13H27N3O4S. The van der Waals surface area contributed by atoms with Gasteiger partial charge in [-0.15, -0.1) is 0 Å². The smallest absolute Gasteiger partial charge is 0.408 e. The minimum absolute atomic E-state index is 0.382. The molecule has 0 radical (unpaired) electrons. The van der Waals surface area contributed by atoms with Crippen LogP contribution in [0.5, 0.6) is 0 Å². The Hall–Kier alpha value is -0.860. The molecule has 0 spiro atoms. The molecule has 0 aromatic rings. The molecule has 124 valence electrons. The third-order valence-electron chi connectivity index (χ3n) is 3.42. The van der Waals surface area contributed by atoms with Crippen LogP contribution in [0.15, 0.2) is 0 Å². The summed E-state index contributed by atoms with van der Waals surface area (Å²) in [6.07, 6.45) is 0.646. The van der Waals surface area contributed by atoms with Gasteiger partial charge in [-0.3, -0.25) is 0 Å². The summed E-state index contributed by atoms with van der Waals surface area (Å²) in [5.74, 6) is 0. The van der Waals surface area contributed by atoms with E-state index >= 15 is 0 Å². The first kappa shape index (κ1) is 18.2. The zero-order valence-electron chi connectivity index (χ0n) is 13.8. The quantitative estimate of drug-likeness (QED) is 0.846. The highest BCUT2D eigenvalue weighted by molar-refractivity contribution is 7.86. The SMILES string of the molecule is CN(C)S(=O)(=O)N1CCC(C)(NC(=O)OC(C)(C)C)CC1. The fourth-order valence-electron chi connectivity index (χ4n) is 2.12. The van der Waals surface area contributed by atoms with Gasteiger partial charge in [0.05, 0.1) is 0 Å². The molecule has 0 atom stereocenters. The Bertz CT molecular complexity index is 474. The van der Waals surface area contributed by atoms with Crippen LogP contribution in [-0.2, 0) is 14.9 Å². The van der Waals surface area contributed by atoms with Crippen molar-refractivity contribution < 1.29 is 17.9 Å². The summed E-state index contributed by atoms with van der Waals surface area (Å²) in [6.45, 7) is 8.10. The number of rotatable bonds is 3. The Labute approximate surface area is 127 Å². The summed E-state index contributed by atoms with van der Waals surface area (Å²) in [5.41, 5.74) is -0.990. The number of carbonyl (C=O) groups is 1. The van der Waals surface area contributed by atoms with Crippen molar-refractivity contribution in [1.29, 1.82) is 0 Å². The number of hydrogen-bond donors (Lipinski definition) is 1. The number of piperidine rings is 1. The van der Waals surface area contributed by atoms with Gasteiger partial charge >= 0.3 is 6.09 Å². The molecular weight excluding hydrogens is 294 g/mol. The van der Waals surface area contributed by atoms with E-state index in [-0.39, 0.29) is 0 Å². The number of ether oxygens (including phenoxy) is 1. The Morgan fingerprint density at radius 3 is 2.10 bits per heavy atom. The van der Waals surface area contributed by atoms with Crippen molar-refractivity contribution in [2.45, 2.75) is 51.7 Å². The maximum Gasteiger partial charge on any atom is 0.408 e. The van der Waals surface area contributed by atoms with Crippen molar-refractivity contribution >= 4 is 16.3 Å². The summed E-state index contributed by atoms with van der Waals surface area (Å²) < 4.78 is 32.0. The highest BCUT2D eigenvalue weighted by Crippen LogP contribution is 2.24. The Morgan fingerprint density at radius 2 is 1.71 bits per heavy atom. The van der Waals surface area contributed by atoms with Gasteiger partial charge in [-0.25, -0.2) is 4.79 Å². The third kappa shape index (κ3) is 5.12. The molecule has 1 heterocycles. The number of amides is 1. The molecule has 1 saturated heterocycles. The van der Waals surface area contributed by atoms with Gasteiger partial charge in [0.15, 0.2) is 0 Å². The first-order valence-electron chi connectivity index (χ1n) is 7.04. The van der Waals surface area contributed by atoms with Gasteiger partial charge in [-0.05, 0) is 40.5 Å². The lowest BCUT2D eigenvalue weighted by Crippen LogP contribution is -2.56. The lowest BCUT2D eigenvalue weighted by Gasteiger charge is -2.40. The molecule has 1 fully saturated rings. The second kappa shape index (κ2) is 6.10. The number of alkyl carbamates (subject to hydrolysis) is 1. The summed E-state index contributed by atoms with van der Waals surface area (Å²) in [4.78, 5) is 11.8. The van der Waals surface area contributed by atoms with E-state index < -0.39 is 27.4 Å². The van der Waals surface area contributed by atoms with Crippen LogP contribution in [0.4, 0.5) is 4.79 Å². The molecule has 0 aromatic carbocycles. The van der Waals surface area contributed by atoms with Crippen LogP contribution in [0.25, 0.3) is 0 Å². The lowest BCUT2D eigenvalue weighted by molar-refractivity contribution is 0.0429. The zero-order valence-corrected chi connectivity index (χ0v) is 14.6. The van der Waals surface area contributed by atoms with Gasteiger partial charge in [0.1, 0.15) is 5.60 Å². The van der Waals surface area contributed by atoms with Gasteiger partial charge < -0.3 is 10.1 Å². The molecule has 1 N–H and O–H groups in total. The largest absolute Gasteiger partial charge is 0.444 e. The molecule has 0 aromatic heterocycles. The second-order valence-electron chi connectivity index (χ2n) is 6.88. The molecule has 1 aliphatic heterocycles. The molecule has 0 aliphatic carbocycles. The molecule has 0 bridgehead atoms. The average Bonchev–Trinajstić information content (AvgIpc) is 2.25. The van der Waals surface area contributed by atoms with Crippen molar-refractivity contribution in [3.63, 3.8) is 0 Å². The summed E-state index contributed by atoms with van der Waals surface area (Å²) >= 11 is 0. The predicted octanol–water partition coefficient (Wildman–Crippen LogP) is 1.17. The predicted molar refractivity (Wildman–Crippen MR) is 81.2 cm³/mol. The standard InChI is InChI=1S/C13H27N3O4S/c1-12(2,3)20-11(17)14-13(4)7-9-16(10-8-13)21(18,19)15(5)6/h7-10H2,1-6H3,(H,14,17). The average molecular weight is 321 g/mol. The molecule has 1 aliphatic rings. The minimum Gasteiger partial charge on any atom is -0.444 e. The van der Waals surface area contributed by atoms with Gasteiger partial charge in [-0.2, -0.15) is 17.0 Å². The molecule has 1 amide bonds. The van der Waals surface area contributed by atoms with Crippen LogP contribution in [-0.4, -0.2) is 61.4 Å². The van der Waals surface area contributed by atoms with Gasteiger partial charge in [-0.1, -0.05) is 0 Å². The van der Waals surface area contributed by atoms with Crippen molar-refractivity contribution in [1.82, 2.24) is 13.9 Å². The molecule has 0 unspecified atom stereocenters.